The standard InChI is InChI=1S/C17H29N/c1-4-6-7-11-14-17(5-2)18-15(3)16-12-9-8-10-13-16/h8-10,12-13,15,17-18H,4-7,11,14H2,1-3H3/t15?,17-/m0/s1. The minimum Gasteiger partial charge on any atom is -0.307 e. The van der Waals surface area contributed by atoms with Gasteiger partial charge in [0.05, 0.1) is 0 Å². The van der Waals surface area contributed by atoms with E-state index in [0.717, 1.165) is 0 Å². The summed E-state index contributed by atoms with van der Waals surface area (Å²) in [6.07, 6.45) is 7.99. The lowest BCUT2D eigenvalue weighted by Crippen LogP contribution is -2.30. The molecule has 0 radical (unpaired) electrons. The predicted molar refractivity (Wildman–Crippen MR) is 80.8 cm³/mol. The van der Waals surface area contributed by atoms with E-state index in [1.165, 1.54) is 44.1 Å². The van der Waals surface area contributed by atoms with E-state index in [-0.39, 0.29) is 0 Å². The largest absolute Gasteiger partial charge is 0.307 e. The van der Waals surface area contributed by atoms with Crippen molar-refractivity contribution >= 4 is 0 Å². The fraction of sp³-hybridized carbons (Fsp3) is 0.647. The molecule has 0 bridgehead atoms. The molecule has 0 aromatic heterocycles. The Morgan fingerprint density at radius 3 is 2.33 bits per heavy atom. The zero-order chi connectivity index (χ0) is 13.2. The molecule has 1 aromatic carbocycles. The molecule has 0 amide bonds. The van der Waals surface area contributed by atoms with Gasteiger partial charge in [0, 0.05) is 12.1 Å². The van der Waals surface area contributed by atoms with Gasteiger partial charge < -0.3 is 5.32 Å². The minimum absolute atomic E-state index is 0.460. The third-order valence-corrected chi connectivity index (χ3v) is 3.68. The molecule has 0 spiro atoms. The summed E-state index contributed by atoms with van der Waals surface area (Å²) < 4.78 is 0. The van der Waals surface area contributed by atoms with Gasteiger partial charge in [0.15, 0.2) is 0 Å². The summed E-state index contributed by atoms with van der Waals surface area (Å²) in [7, 11) is 0. The van der Waals surface area contributed by atoms with Crippen molar-refractivity contribution in [3.8, 4) is 0 Å². The molecule has 1 unspecified atom stereocenters. The van der Waals surface area contributed by atoms with Crippen LogP contribution in [0.5, 0.6) is 0 Å². The number of hydrogen-bond donors (Lipinski definition) is 1. The molecule has 1 rings (SSSR count). The summed E-state index contributed by atoms with van der Waals surface area (Å²) >= 11 is 0. The Kier molecular flexibility index (Phi) is 7.75. The summed E-state index contributed by atoms with van der Waals surface area (Å²) in [5, 5.41) is 3.76. The lowest BCUT2D eigenvalue weighted by atomic mass is 10.0. The van der Waals surface area contributed by atoms with Crippen molar-refractivity contribution in [3.05, 3.63) is 35.9 Å². The number of rotatable bonds is 9. The average molecular weight is 247 g/mol. The Labute approximate surface area is 113 Å². The summed E-state index contributed by atoms with van der Waals surface area (Å²) in [6, 6.07) is 11.9. The monoisotopic (exact) mass is 247 g/mol. The van der Waals surface area contributed by atoms with Crippen molar-refractivity contribution in [2.75, 3.05) is 0 Å². The van der Waals surface area contributed by atoms with Crippen LogP contribution in [0.1, 0.15) is 70.9 Å². The molecule has 0 saturated carbocycles. The normalized spacial score (nSPS) is 14.4. The molecular weight excluding hydrogens is 218 g/mol. The quantitative estimate of drug-likeness (QED) is 0.600. The van der Waals surface area contributed by atoms with E-state index in [4.69, 9.17) is 0 Å². The van der Waals surface area contributed by atoms with Gasteiger partial charge >= 0.3 is 0 Å². The Bertz CT molecular complexity index is 294. The van der Waals surface area contributed by atoms with Gasteiger partial charge in [-0.15, -0.1) is 0 Å². The molecular formula is C17H29N. The highest BCUT2D eigenvalue weighted by Crippen LogP contribution is 2.15. The van der Waals surface area contributed by atoms with Crippen molar-refractivity contribution < 1.29 is 0 Å². The van der Waals surface area contributed by atoms with Crippen molar-refractivity contribution in [2.45, 2.75) is 71.4 Å². The van der Waals surface area contributed by atoms with Crippen LogP contribution in [0.3, 0.4) is 0 Å². The van der Waals surface area contributed by atoms with Crippen molar-refractivity contribution in [3.63, 3.8) is 0 Å². The Morgan fingerprint density at radius 1 is 1.00 bits per heavy atom. The van der Waals surface area contributed by atoms with Crippen LogP contribution < -0.4 is 5.32 Å². The van der Waals surface area contributed by atoms with Gasteiger partial charge in [-0.3, -0.25) is 0 Å². The highest BCUT2D eigenvalue weighted by Gasteiger charge is 2.11. The first-order chi connectivity index (χ1) is 8.77. The second-order valence-electron chi connectivity index (χ2n) is 5.25. The van der Waals surface area contributed by atoms with Crippen molar-refractivity contribution in [1.29, 1.82) is 0 Å². The van der Waals surface area contributed by atoms with Crippen LogP contribution in [0, 0.1) is 0 Å². The predicted octanol–water partition coefficient (Wildman–Crippen LogP) is 5.09. The maximum atomic E-state index is 3.76. The number of benzene rings is 1. The van der Waals surface area contributed by atoms with E-state index in [1.54, 1.807) is 0 Å². The lowest BCUT2D eigenvalue weighted by molar-refractivity contribution is 0.405. The molecule has 0 aliphatic heterocycles. The first kappa shape index (κ1) is 15.2. The third kappa shape index (κ3) is 5.68. The second kappa shape index (κ2) is 9.16. The van der Waals surface area contributed by atoms with E-state index in [9.17, 15) is 0 Å². The smallest absolute Gasteiger partial charge is 0.0294 e. The Balaban J connectivity index is 2.33. The summed E-state index contributed by atoms with van der Waals surface area (Å²) in [5.74, 6) is 0. The molecule has 1 N–H and O–H groups in total. The third-order valence-electron chi connectivity index (χ3n) is 3.68. The van der Waals surface area contributed by atoms with Crippen molar-refractivity contribution in [2.24, 2.45) is 0 Å². The second-order valence-corrected chi connectivity index (χ2v) is 5.25. The van der Waals surface area contributed by atoms with E-state index in [1.807, 2.05) is 0 Å². The number of nitrogens with one attached hydrogen (secondary N) is 1. The van der Waals surface area contributed by atoms with Gasteiger partial charge in [-0.1, -0.05) is 69.9 Å². The maximum absolute atomic E-state index is 3.76. The van der Waals surface area contributed by atoms with E-state index in [2.05, 4.69) is 56.4 Å². The summed E-state index contributed by atoms with van der Waals surface area (Å²) in [6.45, 7) is 6.83. The molecule has 1 nitrogen and oxygen atoms in total. The zero-order valence-electron chi connectivity index (χ0n) is 12.3. The summed E-state index contributed by atoms with van der Waals surface area (Å²) in [4.78, 5) is 0. The first-order valence-electron chi connectivity index (χ1n) is 7.58. The average Bonchev–Trinajstić information content (AvgIpc) is 2.43. The highest BCUT2D eigenvalue weighted by molar-refractivity contribution is 5.18. The van der Waals surface area contributed by atoms with E-state index >= 15 is 0 Å². The molecule has 0 heterocycles. The van der Waals surface area contributed by atoms with Crippen LogP contribution in [-0.2, 0) is 0 Å². The SMILES string of the molecule is CCCCCC[C@H](CC)NC(C)c1ccccc1. The Morgan fingerprint density at radius 2 is 1.72 bits per heavy atom. The van der Waals surface area contributed by atoms with Gasteiger partial charge in [-0.05, 0) is 25.3 Å². The molecule has 0 fully saturated rings. The summed E-state index contributed by atoms with van der Waals surface area (Å²) in [5.41, 5.74) is 1.39. The molecule has 0 saturated heterocycles. The van der Waals surface area contributed by atoms with Gasteiger partial charge in [0.1, 0.15) is 0 Å². The molecule has 18 heavy (non-hydrogen) atoms. The van der Waals surface area contributed by atoms with Gasteiger partial charge in [0.2, 0.25) is 0 Å². The molecule has 0 aliphatic rings. The van der Waals surface area contributed by atoms with Gasteiger partial charge in [0.25, 0.3) is 0 Å². The van der Waals surface area contributed by atoms with Crippen molar-refractivity contribution in [1.82, 2.24) is 5.32 Å². The fourth-order valence-electron chi connectivity index (χ4n) is 2.41. The fourth-order valence-corrected chi connectivity index (χ4v) is 2.41. The molecule has 2 atom stereocenters. The highest BCUT2D eigenvalue weighted by atomic mass is 14.9. The molecule has 1 heteroatoms. The van der Waals surface area contributed by atoms with Crippen LogP contribution in [0.4, 0.5) is 0 Å². The molecule has 102 valence electrons. The maximum Gasteiger partial charge on any atom is 0.0294 e. The molecule has 0 aliphatic carbocycles. The van der Waals surface area contributed by atoms with Crippen LogP contribution in [-0.4, -0.2) is 6.04 Å². The van der Waals surface area contributed by atoms with Crippen LogP contribution in [0.25, 0.3) is 0 Å². The molecule has 1 aromatic rings. The Hall–Kier alpha value is -0.820. The topological polar surface area (TPSA) is 12.0 Å². The minimum atomic E-state index is 0.460. The van der Waals surface area contributed by atoms with Gasteiger partial charge in [-0.2, -0.15) is 0 Å². The zero-order valence-corrected chi connectivity index (χ0v) is 12.3. The van der Waals surface area contributed by atoms with E-state index in [0.29, 0.717) is 12.1 Å². The lowest BCUT2D eigenvalue weighted by Gasteiger charge is -2.22. The van der Waals surface area contributed by atoms with E-state index < -0.39 is 0 Å². The van der Waals surface area contributed by atoms with Crippen LogP contribution in [0.2, 0.25) is 0 Å². The number of unbranched alkanes of at least 4 members (excludes halogenated alkanes) is 3. The van der Waals surface area contributed by atoms with Gasteiger partial charge in [-0.25, -0.2) is 0 Å². The number of hydrogen-bond acceptors (Lipinski definition) is 1. The van der Waals surface area contributed by atoms with Crippen LogP contribution >= 0.6 is 0 Å². The van der Waals surface area contributed by atoms with Crippen LogP contribution in [0.15, 0.2) is 30.3 Å². The first-order valence-corrected chi connectivity index (χ1v) is 7.58.